The van der Waals surface area contributed by atoms with Crippen molar-refractivity contribution in [2.45, 2.75) is 33.7 Å². The molecule has 100 valence electrons. The van der Waals surface area contributed by atoms with E-state index in [9.17, 15) is 0 Å². The second-order valence-corrected chi connectivity index (χ2v) is 6.16. The van der Waals surface area contributed by atoms with Gasteiger partial charge in [-0.25, -0.2) is 0 Å². The average molecular weight is 318 g/mol. The molecule has 0 fully saturated rings. The van der Waals surface area contributed by atoms with Crippen LogP contribution >= 0.6 is 15.9 Å². The maximum absolute atomic E-state index is 3.58. The molecule has 0 heterocycles. The van der Waals surface area contributed by atoms with Crippen LogP contribution in [0.3, 0.4) is 0 Å². The van der Waals surface area contributed by atoms with Crippen LogP contribution in [-0.2, 0) is 0 Å². The van der Waals surface area contributed by atoms with Crippen LogP contribution in [0.25, 0.3) is 0 Å². The van der Waals surface area contributed by atoms with Crippen molar-refractivity contribution in [2.24, 2.45) is 0 Å². The number of nitrogens with one attached hydrogen (secondary N) is 1. The van der Waals surface area contributed by atoms with Crippen LogP contribution in [0.1, 0.15) is 35.2 Å². The molecule has 0 bridgehead atoms. The Labute approximate surface area is 124 Å². The molecule has 2 aromatic carbocycles. The van der Waals surface area contributed by atoms with Crippen molar-refractivity contribution in [3.05, 3.63) is 63.1 Å². The summed E-state index contributed by atoms with van der Waals surface area (Å²) in [5.74, 6) is 0. The van der Waals surface area contributed by atoms with Crippen molar-refractivity contribution < 1.29 is 0 Å². The highest BCUT2D eigenvalue weighted by Gasteiger charge is 2.09. The van der Waals surface area contributed by atoms with E-state index in [1.165, 1.54) is 22.3 Å². The van der Waals surface area contributed by atoms with E-state index in [2.05, 4.69) is 85.3 Å². The van der Waals surface area contributed by atoms with E-state index in [0.717, 1.165) is 10.2 Å². The zero-order chi connectivity index (χ0) is 14.0. The Morgan fingerprint density at radius 2 is 1.68 bits per heavy atom. The number of aryl methyl sites for hydroxylation is 3. The smallest absolute Gasteiger partial charge is 0.0488 e. The standard InChI is InChI=1S/C17H20BrN/c1-11-5-6-13(3)17(9-11)14(4)19-16-8-12(2)7-15(18)10-16/h5-10,14,19H,1-4H3. The molecule has 0 saturated heterocycles. The first-order chi connectivity index (χ1) is 8.95. The zero-order valence-corrected chi connectivity index (χ0v) is 13.5. The van der Waals surface area contributed by atoms with Gasteiger partial charge in [-0.05, 0) is 62.6 Å². The molecule has 0 aliphatic carbocycles. The fourth-order valence-corrected chi connectivity index (χ4v) is 2.98. The summed E-state index contributed by atoms with van der Waals surface area (Å²) in [6.45, 7) is 8.62. The highest BCUT2D eigenvalue weighted by molar-refractivity contribution is 9.10. The molecular formula is C17H20BrN. The lowest BCUT2D eigenvalue weighted by atomic mass is 10.00. The summed E-state index contributed by atoms with van der Waals surface area (Å²) in [6, 6.07) is 13.3. The molecule has 0 amide bonds. The Kier molecular flexibility index (Phi) is 4.31. The monoisotopic (exact) mass is 317 g/mol. The minimum Gasteiger partial charge on any atom is -0.378 e. The fraction of sp³-hybridized carbons (Fsp3) is 0.294. The first-order valence-electron chi connectivity index (χ1n) is 6.56. The number of anilines is 1. The van der Waals surface area contributed by atoms with Gasteiger partial charge in [-0.1, -0.05) is 39.7 Å². The number of halogens is 1. The summed E-state index contributed by atoms with van der Waals surface area (Å²) >= 11 is 3.55. The zero-order valence-electron chi connectivity index (χ0n) is 11.9. The third-order valence-corrected chi connectivity index (χ3v) is 3.78. The van der Waals surface area contributed by atoms with Crippen LogP contribution in [0.15, 0.2) is 40.9 Å². The summed E-state index contributed by atoms with van der Waals surface area (Å²) in [6.07, 6.45) is 0. The Bertz CT molecular complexity index is 570. The van der Waals surface area contributed by atoms with Crippen molar-refractivity contribution in [2.75, 3.05) is 5.32 Å². The van der Waals surface area contributed by atoms with Gasteiger partial charge in [0.15, 0.2) is 0 Å². The van der Waals surface area contributed by atoms with Gasteiger partial charge in [0.2, 0.25) is 0 Å². The number of benzene rings is 2. The largest absolute Gasteiger partial charge is 0.378 e. The van der Waals surface area contributed by atoms with Crippen LogP contribution in [0, 0.1) is 20.8 Å². The van der Waals surface area contributed by atoms with Gasteiger partial charge in [-0.15, -0.1) is 0 Å². The third kappa shape index (κ3) is 3.60. The molecule has 19 heavy (non-hydrogen) atoms. The van der Waals surface area contributed by atoms with E-state index in [1.54, 1.807) is 0 Å². The Hall–Kier alpha value is -1.28. The van der Waals surface area contributed by atoms with E-state index in [4.69, 9.17) is 0 Å². The molecule has 1 atom stereocenters. The number of rotatable bonds is 3. The predicted octanol–water partition coefficient (Wildman–Crippen LogP) is 5.55. The minimum atomic E-state index is 0.300. The molecule has 1 N–H and O–H groups in total. The van der Waals surface area contributed by atoms with Crippen LogP contribution < -0.4 is 5.32 Å². The van der Waals surface area contributed by atoms with Gasteiger partial charge in [0.25, 0.3) is 0 Å². The van der Waals surface area contributed by atoms with E-state index in [1.807, 2.05) is 0 Å². The minimum absolute atomic E-state index is 0.300. The summed E-state index contributed by atoms with van der Waals surface area (Å²) < 4.78 is 1.11. The molecule has 1 unspecified atom stereocenters. The molecule has 2 heteroatoms. The molecule has 0 aliphatic heterocycles. The number of hydrogen-bond acceptors (Lipinski definition) is 1. The number of hydrogen-bond donors (Lipinski definition) is 1. The highest BCUT2D eigenvalue weighted by Crippen LogP contribution is 2.26. The van der Waals surface area contributed by atoms with Crippen LogP contribution in [0.4, 0.5) is 5.69 Å². The molecule has 0 spiro atoms. The summed E-state index contributed by atoms with van der Waals surface area (Å²) in [7, 11) is 0. The highest BCUT2D eigenvalue weighted by atomic mass is 79.9. The third-order valence-electron chi connectivity index (χ3n) is 3.33. The van der Waals surface area contributed by atoms with Crippen molar-refractivity contribution >= 4 is 21.6 Å². The first kappa shape index (κ1) is 14.1. The van der Waals surface area contributed by atoms with Gasteiger partial charge in [-0.3, -0.25) is 0 Å². The van der Waals surface area contributed by atoms with Crippen molar-refractivity contribution in [1.82, 2.24) is 0 Å². The molecule has 1 nitrogen and oxygen atoms in total. The van der Waals surface area contributed by atoms with Crippen molar-refractivity contribution in [3.8, 4) is 0 Å². The summed E-state index contributed by atoms with van der Waals surface area (Å²) in [5, 5.41) is 3.58. The van der Waals surface area contributed by atoms with Gasteiger partial charge in [0, 0.05) is 16.2 Å². The van der Waals surface area contributed by atoms with Gasteiger partial charge in [0.1, 0.15) is 0 Å². The quantitative estimate of drug-likeness (QED) is 0.782. The summed E-state index contributed by atoms with van der Waals surface area (Å²) in [4.78, 5) is 0. The predicted molar refractivity (Wildman–Crippen MR) is 86.8 cm³/mol. The Morgan fingerprint density at radius 3 is 2.37 bits per heavy atom. The topological polar surface area (TPSA) is 12.0 Å². The second kappa shape index (κ2) is 5.79. The lowest BCUT2D eigenvalue weighted by Crippen LogP contribution is -2.08. The van der Waals surface area contributed by atoms with Gasteiger partial charge in [-0.2, -0.15) is 0 Å². The molecule has 0 saturated carbocycles. The molecule has 2 aromatic rings. The average Bonchev–Trinajstić information content (AvgIpc) is 2.30. The Balaban J connectivity index is 2.25. The molecule has 0 radical (unpaired) electrons. The SMILES string of the molecule is Cc1cc(Br)cc(NC(C)c2cc(C)ccc2C)c1. The molecular weight excluding hydrogens is 298 g/mol. The van der Waals surface area contributed by atoms with E-state index < -0.39 is 0 Å². The second-order valence-electron chi connectivity index (χ2n) is 5.24. The first-order valence-corrected chi connectivity index (χ1v) is 7.36. The summed E-state index contributed by atoms with van der Waals surface area (Å²) in [5.41, 5.74) is 6.40. The lowest BCUT2D eigenvalue weighted by molar-refractivity contribution is 0.871. The maximum Gasteiger partial charge on any atom is 0.0488 e. The lowest BCUT2D eigenvalue weighted by Gasteiger charge is -2.19. The van der Waals surface area contributed by atoms with Crippen LogP contribution in [0.5, 0.6) is 0 Å². The van der Waals surface area contributed by atoms with Gasteiger partial charge in [0.05, 0.1) is 0 Å². The van der Waals surface area contributed by atoms with E-state index in [-0.39, 0.29) is 0 Å². The fourth-order valence-electron chi connectivity index (χ4n) is 2.37. The van der Waals surface area contributed by atoms with E-state index in [0.29, 0.717) is 6.04 Å². The normalized spacial score (nSPS) is 12.3. The van der Waals surface area contributed by atoms with Crippen molar-refractivity contribution in [3.63, 3.8) is 0 Å². The van der Waals surface area contributed by atoms with Gasteiger partial charge >= 0.3 is 0 Å². The molecule has 2 rings (SSSR count). The van der Waals surface area contributed by atoms with Crippen molar-refractivity contribution in [1.29, 1.82) is 0 Å². The molecule has 0 aliphatic rings. The van der Waals surface area contributed by atoms with Crippen LogP contribution in [-0.4, -0.2) is 0 Å². The maximum atomic E-state index is 3.58. The van der Waals surface area contributed by atoms with E-state index >= 15 is 0 Å². The van der Waals surface area contributed by atoms with Crippen LogP contribution in [0.2, 0.25) is 0 Å². The van der Waals surface area contributed by atoms with Gasteiger partial charge < -0.3 is 5.32 Å². The Morgan fingerprint density at radius 1 is 0.947 bits per heavy atom. The molecule has 0 aromatic heterocycles.